The largest absolute Gasteiger partial charge is 0.481 e. The van der Waals surface area contributed by atoms with Crippen LogP contribution in [-0.4, -0.2) is 53.0 Å². The molecule has 37 heavy (non-hydrogen) atoms. The molecule has 3 N–H and O–H groups in total. The van der Waals surface area contributed by atoms with Gasteiger partial charge in [0.05, 0.1) is 18.4 Å². The van der Waals surface area contributed by atoms with Crippen molar-refractivity contribution in [2.24, 2.45) is 5.92 Å². The number of carbonyl (C=O) groups excluding carboxylic acids is 1. The number of nitrogens with zero attached hydrogens (tertiary/aromatic N) is 2. The number of carbonyl (C=O) groups is 2. The lowest BCUT2D eigenvalue weighted by molar-refractivity contribution is -0.138. The Kier molecular flexibility index (Phi) is 8.03. The number of likely N-dealkylation sites (tertiary alicyclic amines) is 1. The number of hydrogen-bond donors (Lipinski definition) is 3. The van der Waals surface area contributed by atoms with Crippen molar-refractivity contribution in [3.05, 3.63) is 58.5 Å². The van der Waals surface area contributed by atoms with Crippen molar-refractivity contribution in [3.8, 4) is 0 Å². The third-order valence-corrected chi connectivity index (χ3v) is 7.88. The highest BCUT2D eigenvalue weighted by Crippen LogP contribution is 2.42. The number of aromatic nitrogens is 1. The molecular weight excluding hydrogens is 471 g/mol. The zero-order valence-corrected chi connectivity index (χ0v) is 21.3. The lowest BCUT2D eigenvalue weighted by Crippen LogP contribution is -2.44. The number of rotatable bonds is 10. The van der Waals surface area contributed by atoms with Gasteiger partial charge in [0.1, 0.15) is 11.6 Å². The van der Waals surface area contributed by atoms with Crippen LogP contribution in [0.25, 0.3) is 0 Å². The van der Waals surface area contributed by atoms with Crippen molar-refractivity contribution in [2.75, 3.05) is 31.5 Å². The Bertz CT molecular complexity index is 1140. The molecule has 0 radical (unpaired) electrons. The van der Waals surface area contributed by atoms with Crippen molar-refractivity contribution in [2.45, 2.75) is 69.7 Å². The van der Waals surface area contributed by atoms with Gasteiger partial charge in [0, 0.05) is 24.3 Å². The average molecular weight is 509 g/mol. The Labute approximate surface area is 217 Å². The Morgan fingerprint density at radius 3 is 2.86 bits per heavy atom. The standard InChI is InChI=1S/C29H37FN4O3/c30-27-23(19-10-11-19)8-1-9-24(27)25(17-26(35)36)33-29(37)21-6-3-15-34(18-21)16-4-7-22-13-12-20-5-2-14-31-28(20)32-22/h1,8-9,12-13,19,21,25H,2-7,10-11,14-18H2,(H,31,32)(H,33,37)(H,35,36)/t21-,25-/m1/s1. The van der Waals surface area contributed by atoms with Gasteiger partial charge in [-0.15, -0.1) is 0 Å². The maximum absolute atomic E-state index is 15.2. The topological polar surface area (TPSA) is 94.6 Å². The van der Waals surface area contributed by atoms with Gasteiger partial charge < -0.3 is 20.6 Å². The zero-order chi connectivity index (χ0) is 25.8. The second-order valence-corrected chi connectivity index (χ2v) is 10.8. The Balaban J connectivity index is 1.16. The quantitative estimate of drug-likeness (QED) is 0.440. The molecule has 0 spiro atoms. The van der Waals surface area contributed by atoms with Crippen LogP contribution in [-0.2, 0) is 22.4 Å². The fraction of sp³-hybridized carbons (Fsp3) is 0.552. The molecule has 1 aliphatic carbocycles. The molecule has 0 bridgehead atoms. The summed E-state index contributed by atoms with van der Waals surface area (Å²) < 4.78 is 15.2. The van der Waals surface area contributed by atoms with E-state index in [1.807, 2.05) is 0 Å². The molecule has 2 aliphatic heterocycles. The molecule has 1 aromatic heterocycles. The Morgan fingerprint density at radius 1 is 1.19 bits per heavy atom. The van der Waals surface area contributed by atoms with Crippen LogP contribution in [0.3, 0.4) is 0 Å². The number of halogens is 1. The maximum atomic E-state index is 15.2. The summed E-state index contributed by atoms with van der Waals surface area (Å²) in [6, 6.07) is 8.57. The van der Waals surface area contributed by atoms with Crippen LogP contribution in [0.5, 0.6) is 0 Å². The van der Waals surface area contributed by atoms with E-state index in [9.17, 15) is 14.7 Å². The van der Waals surface area contributed by atoms with E-state index in [-0.39, 0.29) is 35.5 Å². The van der Waals surface area contributed by atoms with Crippen LogP contribution in [0.15, 0.2) is 30.3 Å². The van der Waals surface area contributed by atoms with Crippen molar-refractivity contribution < 1.29 is 19.1 Å². The van der Waals surface area contributed by atoms with Crippen molar-refractivity contribution in [1.82, 2.24) is 15.2 Å². The van der Waals surface area contributed by atoms with Crippen molar-refractivity contribution in [1.29, 1.82) is 0 Å². The van der Waals surface area contributed by atoms with Crippen LogP contribution in [0, 0.1) is 11.7 Å². The van der Waals surface area contributed by atoms with Gasteiger partial charge in [-0.3, -0.25) is 9.59 Å². The molecule has 1 saturated carbocycles. The molecule has 0 unspecified atom stereocenters. The second-order valence-electron chi connectivity index (χ2n) is 10.8. The Morgan fingerprint density at radius 2 is 2.05 bits per heavy atom. The minimum atomic E-state index is -1.06. The van der Waals surface area contributed by atoms with E-state index in [1.54, 1.807) is 18.2 Å². The highest BCUT2D eigenvalue weighted by atomic mass is 19.1. The fourth-order valence-electron chi connectivity index (χ4n) is 5.71. The molecule has 1 amide bonds. The number of aliphatic carboxylic acids is 1. The van der Waals surface area contributed by atoms with Gasteiger partial charge in [-0.05, 0) is 87.6 Å². The number of benzene rings is 1. The summed E-state index contributed by atoms with van der Waals surface area (Å²) in [5, 5.41) is 15.7. The first-order valence-electron chi connectivity index (χ1n) is 13.7. The van der Waals surface area contributed by atoms with Gasteiger partial charge in [0.25, 0.3) is 0 Å². The minimum Gasteiger partial charge on any atom is -0.481 e. The number of aryl methyl sites for hydroxylation is 2. The first-order valence-corrected chi connectivity index (χ1v) is 13.7. The lowest BCUT2D eigenvalue weighted by atomic mass is 9.94. The number of fused-ring (bicyclic) bond motifs is 1. The molecule has 3 aliphatic rings. The highest BCUT2D eigenvalue weighted by Gasteiger charge is 2.32. The van der Waals surface area contributed by atoms with Crippen LogP contribution in [0.4, 0.5) is 10.2 Å². The summed E-state index contributed by atoms with van der Waals surface area (Å²) in [6.07, 6.45) is 7.31. The van der Waals surface area contributed by atoms with E-state index in [1.165, 1.54) is 5.56 Å². The number of piperidine rings is 1. The van der Waals surface area contributed by atoms with E-state index in [0.29, 0.717) is 12.1 Å². The van der Waals surface area contributed by atoms with E-state index in [0.717, 1.165) is 82.5 Å². The van der Waals surface area contributed by atoms with E-state index in [4.69, 9.17) is 4.98 Å². The zero-order valence-electron chi connectivity index (χ0n) is 21.3. The molecule has 3 heterocycles. The van der Waals surface area contributed by atoms with Gasteiger partial charge >= 0.3 is 5.97 Å². The SMILES string of the molecule is O=C(O)C[C@@H](NC(=O)[C@@H]1CCCN(CCCc2ccc3c(n2)NCCC3)C1)c1cccc(C2CC2)c1F. The summed E-state index contributed by atoms with van der Waals surface area (Å²) in [5.74, 6) is -0.611. The van der Waals surface area contributed by atoms with Crippen molar-refractivity contribution in [3.63, 3.8) is 0 Å². The molecule has 1 aromatic carbocycles. The van der Waals surface area contributed by atoms with Crippen LogP contribution in [0.2, 0.25) is 0 Å². The van der Waals surface area contributed by atoms with Gasteiger partial charge in [0.15, 0.2) is 0 Å². The van der Waals surface area contributed by atoms with Crippen LogP contribution < -0.4 is 10.6 Å². The molecule has 5 rings (SSSR count). The third kappa shape index (κ3) is 6.47. The maximum Gasteiger partial charge on any atom is 0.305 e. The highest BCUT2D eigenvalue weighted by molar-refractivity contribution is 5.80. The fourth-order valence-corrected chi connectivity index (χ4v) is 5.71. The molecule has 2 atom stereocenters. The number of amides is 1. The Hall–Kier alpha value is -3.00. The van der Waals surface area contributed by atoms with Gasteiger partial charge in [-0.1, -0.05) is 24.3 Å². The smallest absolute Gasteiger partial charge is 0.305 e. The summed E-state index contributed by atoms with van der Waals surface area (Å²) >= 11 is 0. The molecule has 2 aromatic rings. The molecule has 2 fully saturated rings. The van der Waals surface area contributed by atoms with Crippen molar-refractivity contribution >= 4 is 17.7 Å². The number of carboxylic acids is 1. The number of anilines is 1. The first-order chi connectivity index (χ1) is 18.0. The summed E-state index contributed by atoms with van der Waals surface area (Å²) in [7, 11) is 0. The number of carboxylic acid groups (broad SMARTS) is 1. The summed E-state index contributed by atoms with van der Waals surface area (Å²) in [5.41, 5.74) is 3.29. The third-order valence-electron chi connectivity index (χ3n) is 7.88. The predicted molar refractivity (Wildman–Crippen MR) is 140 cm³/mol. The van der Waals surface area contributed by atoms with Crippen LogP contribution in [0.1, 0.15) is 79.3 Å². The summed E-state index contributed by atoms with van der Waals surface area (Å²) in [6.45, 7) is 3.44. The summed E-state index contributed by atoms with van der Waals surface area (Å²) in [4.78, 5) is 31.9. The number of hydrogen-bond acceptors (Lipinski definition) is 5. The molecule has 7 nitrogen and oxygen atoms in total. The second kappa shape index (κ2) is 11.6. The van der Waals surface area contributed by atoms with Gasteiger partial charge in [-0.25, -0.2) is 9.37 Å². The normalized spacial score (nSPS) is 20.5. The first kappa shape index (κ1) is 25.6. The molecule has 8 heteroatoms. The monoisotopic (exact) mass is 508 g/mol. The van der Waals surface area contributed by atoms with E-state index in [2.05, 4.69) is 27.7 Å². The number of nitrogens with one attached hydrogen (secondary N) is 2. The van der Waals surface area contributed by atoms with E-state index < -0.39 is 12.0 Å². The van der Waals surface area contributed by atoms with Gasteiger partial charge in [-0.2, -0.15) is 0 Å². The molecule has 1 saturated heterocycles. The molecular formula is C29H37FN4O3. The predicted octanol–water partition coefficient (Wildman–Crippen LogP) is 4.43. The minimum absolute atomic E-state index is 0.186. The average Bonchev–Trinajstić information content (AvgIpc) is 3.74. The van der Waals surface area contributed by atoms with E-state index >= 15 is 4.39 Å². The number of pyridine rings is 1. The molecule has 198 valence electrons. The lowest BCUT2D eigenvalue weighted by Gasteiger charge is -2.33. The van der Waals surface area contributed by atoms with Crippen LogP contribution >= 0.6 is 0 Å². The van der Waals surface area contributed by atoms with Gasteiger partial charge in [0.2, 0.25) is 5.91 Å².